The third-order valence-electron chi connectivity index (χ3n) is 3.44. The predicted molar refractivity (Wildman–Crippen MR) is 62.9 cm³/mol. The quantitative estimate of drug-likeness (QED) is 0.803. The molecule has 0 radical (unpaired) electrons. The number of hydrogen-bond donors (Lipinski definition) is 1. The van der Waals surface area contributed by atoms with Crippen molar-refractivity contribution in [1.82, 2.24) is 5.32 Å². The van der Waals surface area contributed by atoms with Gasteiger partial charge in [-0.2, -0.15) is 0 Å². The molecule has 0 spiro atoms. The van der Waals surface area contributed by atoms with E-state index in [2.05, 4.69) is 29.8 Å². The monoisotopic (exact) mass is 209 g/mol. The molecule has 78 valence electrons. The largest absolute Gasteiger partial charge is 0.311 e. The van der Waals surface area contributed by atoms with Crippen LogP contribution in [0.1, 0.15) is 37.5 Å². The Morgan fingerprint density at radius 2 is 2.50 bits per heavy atom. The van der Waals surface area contributed by atoms with Gasteiger partial charge in [0, 0.05) is 10.4 Å². The summed E-state index contributed by atoms with van der Waals surface area (Å²) in [7, 11) is 0. The Morgan fingerprint density at radius 1 is 1.57 bits per heavy atom. The molecule has 1 atom stereocenters. The summed E-state index contributed by atoms with van der Waals surface area (Å²) in [4.78, 5) is 1.53. The summed E-state index contributed by atoms with van der Waals surface area (Å²) >= 11 is 1.89. The van der Waals surface area contributed by atoms with E-state index >= 15 is 0 Å². The van der Waals surface area contributed by atoms with Crippen LogP contribution in [-0.4, -0.2) is 12.1 Å². The fourth-order valence-electron chi connectivity index (χ4n) is 2.38. The summed E-state index contributed by atoms with van der Waals surface area (Å²) in [6.45, 7) is 3.53. The fraction of sp³-hybridized carbons (Fsp3) is 0.667. The minimum Gasteiger partial charge on any atom is -0.311 e. The fourth-order valence-corrected chi connectivity index (χ4v) is 3.09. The van der Waals surface area contributed by atoms with E-state index in [0.29, 0.717) is 5.54 Å². The van der Waals surface area contributed by atoms with E-state index in [1.54, 1.807) is 0 Å². The van der Waals surface area contributed by atoms with E-state index in [1.165, 1.54) is 43.5 Å². The van der Waals surface area contributed by atoms with Crippen LogP contribution in [0.3, 0.4) is 0 Å². The number of nitrogens with one attached hydrogen (secondary N) is 1. The molecule has 1 aliphatic rings. The Morgan fingerprint density at radius 3 is 3.07 bits per heavy atom. The van der Waals surface area contributed by atoms with Crippen LogP contribution in [-0.2, 0) is 6.42 Å². The maximum Gasteiger partial charge on any atom is 0.0182 e. The first-order valence-corrected chi connectivity index (χ1v) is 6.50. The lowest BCUT2D eigenvalue weighted by Gasteiger charge is -2.27. The second-order valence-electron chi connectivity index (χ2n) is 4.24. The highest BCUT2D eigenvalue weighted by Crippen LogP contribution is 2.28. The van der Waals surface area contributed by atoms with Gasteiger partial charge >= 0.3 is 0 Å². The lowest BCUT2D eigenvalue weighted by molar-refractivity contribution is 0.337. The van der Waals surface area contributed by atoms with E-state index in [0.717, 1.165) is 0 Å². The maximum atomic E-state index is 3.69. The smallest absolute Gasteiger partial charge is 0.0182 e. The van der Waals surface area contributed by atoms with Crippen molar-refractivity contribution in [2.75, 3.05) is 6.54 Å². The van der Waals surface area contributed by atoms with E-state index in [4.69, 9.17) is 0 Å². The first kappa shape index (κ1) is 10.2. The summed E-state index contributed by atoms with van der Waals surface area (Å²) in [6, 6.07) is 4.41. The molecule has 2 heterocycles. The molecule has 14 heavy (non-hydrogen) atoms. The molecule has 1 saturated heterocycles. The first-order valence-electron chi connectivity index (χ1n) is 5.62. The van der Waals surface area contributed by atoms with Gasteiger partial charge in [0.2, 0.25) is 0 Å². The van der Waals surface area contributed by atoms with Gasteiger partial charge in [-0.05, 0) is 50.1 Å². The highest BCUT2D eigenvalue weighted by Gasteiger charge is 2.30. The molecule has 1 aliphatic heterocycles. The van der Waals surface area contributed by atoms with Crippen LogP contribution in [0.25, 0.3) is 0 Å². The topological polar surface area (TPSA) is 12.0 Å². The zero-order chi connectivity index (χ0) is 9.86. The van der Waals surface area contributed by atoms with Gasteiger partial charge in [0.15, 0.2) is 0 Å². The third-order valence-corrected chi connectivity index (χ3v) is 4.38. The molecule has 1 aromatic heterocycles. The van der Waals surface area contributed by atoms with Crippen molar-refractivity contribution in [3.8, 4) is 0 Å². The standard InChI is InChI=1S/C12H19NS/c1-2-12(7-4-9-13-12)8-6-11-5-3-10-14-11/h3,5,10,13H,2,4,6-9H2,1H3. The molecule has 1 fully saturated rings. The summed E-state index contributed by atoms with van der Waals surface area (Å²) < 4.78 is 0. The van der Waals surface area contributed by atoms with Gasteiger partial charge < -0.3 is 5.32 Å². The van der Waals surface area contributed by atoms with E-state index in [9.17, 15) is 0 Å². The number of thiophene rings is 1. The molecule has 1 N–H and O–H groups in total. The highest BCUT2D eigenvalue weighted by atomic mass is 32.1. The molecule has 0 aromatic carbocycles. The van der Waals surface area contributed by atoms with Gasteiger partial charge in [0.25, 0.3) is 0 Å². The lowest BCUT2D eigenvalue weighted by Crippen LogP contribution is -2.39. The Kier molecular flexibility index (Phi) is 3.24. The average Bonchev–Trinajstić information content (AvgIpc) is 2.87. The summed E-state index contributed by atoms with van der Waals surface area (Å²) in [5.41, 5.74) is 0.462. The van der Waals surface area contributed by atoms with Gasteiger partial charge in [0.1, 0.15) is 0 Å². The molecular formula is C12H19NS. The first-order chi connectivity index (χ1) is 6.85. The molecule has 1 unspecified atom stereocenters. The van der Waals surface area contributed by atoms with Crippen LogP contribution in [0.4, 0.5) is 0 Å². The Hall–Kier alpha value is -0.340. The van der Waals surface area contributed by atoms with Crippen LogP contribution >= 0.6 is 11.3 Å². The molecule has 1 nitrogen and oxygen atoms in total. The normalized spacial score (nSPS) is 26.9. The van der Waals surface area contributed by atoms with E-state index < -0.39 is 0 Å². The number of aryl methyl sites for hydroxylation is 1. The van der Waals surface area contributed by atoms with Crippen LogP contribution in [0.2, 0.25) is 0 Å². The van der Waals surface area contributed by atoms with Crippen molar-refractivity contribution >= 4 is 11.3 Å². The van der Waals surface area contributed by atoms with Gasteiger partial charge in [-0.3, -0.25) is 0 Å². The zero-order valence-corrected chi connectivity index (χ0v) is 9.70. The highest BCUT2D eigenvalue weighted by molar-refractivity contribution is 7.09. The molecule has 0 bridgehead atoms. The van der Waals surface area contributed by atoms with E-state index in [-0.39, 0.29) is 0 Å². The van der Waals surface area contributed by atoms with Gasteiger partial charge in [-0.25, -0.2) is 0 Å². The van der Waals surface area contributed by atoms with E-state index in [1.807, 2.05) is 11.3 Å². The maximum absolute atomic E-state index is 3.69. The molecule has 0 saturated carbocycles. The molecule has 0 aliphatic carbocycles. The second-order valence-corrected chi connectivity index (χ2v) is 5.28. The van der Waals surface area contributed by atoms with Crippen molar-refractivity contribution in [2.24, 2.45) is 0 Å². The molecule has 2 heteroatoms. The third kappa shape index (κ3) is 2.18. The van der Waals surface area contributed by atoms with Crippen molar-refractivity contribution in [3.63, 3.8) is 0 Å². The summed E-state index contributed by atoms with van der Waals surface area (Å²) in [5, 5.41) is 5.86. The molecule has 2 rings (SSSR count). The lowest BCUT2D eigenvalue weighted by atomic mass is 9.89. The molecular weight excluding hydrogens is 190 g/mol. The second kappa shape index (κ2) is 4.45. The number of hydrogen-bond acceptors (Lipinski definition) is 2. The van der Waals surface area contributed by atoms with Crippen molar-refractivity contribution < 1.29 is 0 Å². The van der Waals surface area contributed by atoms with Crippen molar-refractivity contribution in [1.29, 1.82) is 0 Å². The van der Waals surface area contributed by atoms with Crippen LogP contribution < -0.4 is 5.32 Å². The Bertz CT molecular complexity index is 260. The molecule has 1 aromatic rings. The Balaban J connectivity index is 1.89. The van der Waals surface area contributed by atoms with Crippen LogP contribution in [0, 0.1) is 0 Å². The summed E-state index contributed by atoms with van der Waals surface area (Å²) in [5.74, 6) is 0. The summed E-state index contributed by atoms with van der Waals surface area (Å²) in [6.07, 6.45) is 6.56. The predicted octanol–water partition coefficient (Wildman–Crippen LogP) is 3.21. The van der Waals surface area contributed by atoms with Crippen molar-refractivity contribution in [3.05, 3.63) is 22.4 Å². The van der Waals surface area contributed by atoms with Crippen LogP contribution in [0.15, 0.2) is 17.5 Å². The number of rotatable bonds is 4. The Labute approximate surface area is 90.5 Å². The van der Waals surface area contributed by atoms with Crippen LogP contribution in [0.5, 0.6) is 0 Å². The molecule has 0 amide bonds. The SMILES string of the molecule is CCC1(CCc2cccs2)CCCN1. The van der Waals surface area contributed by atoms with Gasteiger partial charge in [-0.1, -0.05) is 13.0 Å². The van der Waals surface area contributed by atoms with Gasteiger partial charge in [0.05, 0.1) is 0 Å². The zero-order valence-electron chi connectivity index (χ0n) is 8.88. The van der Waals surface area contributed by atoms with Gasteiger partial charge in [-0.15, -0.1) is 11.3 Å². The average molecular weight is 209 g/mol. The van der Waals surface area contributed by atoms with Crippen molar-refractivity contribution in [2.45, 2.75) is 44.6 Å². The minimum atomic E-state index is 0.462. The minimum absolute atomic E-state index is 0.462.